The van der Waals surface area contributed by atoms with Crippen molar-refractivity contribution in [2.45, 2.75) is 66.7 Å². The van der Waals surface area contributed by atoms with Crippen molar-refractivity contribution < 1.29 is 48.5 Å². The summed E-state index contributed by atoms with van der Waals surface area (Å²) >= 11 is 0. The molecule has 43 heavy (non-hydrogen) atoms. The largest absolute Gasteiger partial charge is 0.455 e. The normalized spacial score (nSPS) is 52.7. The fraction of sp³-hybridized carbons (Fsp3) is 0.781. The second kappa shape index (κ2) is 9.91. The zero-order chi connectivity index (χ0) is 30.7. The van der Waals surface area contributed by atoms with Gasteiger partial charge >= 0.3 is 5.97 Å². The number of hydrogen-bond donors (Lipinski definition) is 3. The first-order valence-corrected chi connectivity index (χ1v) is 15.3. The number of rotatable bonds is 8. The lowest BCUT2D eigenvalue weighted by Gasteiger charge is -2.70. The summed E-state index contributed by atoms with van der Waals surface area (Å²) in [5.41, 5.74) is -4.01. The fourth-order valence-electron chi connectivity index (χ4n) is 12.1. The molecule has 1 aliphatic heterocycles. The third-order valence-corrected chi connectivity index (χ3v) is 12.9. The molecular weight excluding hydrogens is 558 g/mol. The zero-order valence-electron chi connectivity index (χ0n) is 25.7. The summed E-state index contributed by atoms with van der Waals surface area (Å²) in [5.74, 6) is -2.21. The lowest BCUT2D eigenvalue weighted by atomic mass is 9.42. The topological polar surface area (TPSA) is 136 Å². The van der Waals surface area contributed by atoms with Crippen molar-refractivity contribution in [1.29, 1.82) is 0 Å². The van der Waals surface area contributed by atoms with Crippen LogP contribution in [0.15, 0.2) is 30.3 Å². The molecule has 1 heterocycles. The minimum absolute atomic E-state index is 0.189. The van der Waals surface area contributed by atoms with E-state index in [4.69, 9.17) is 28.4 Å². The van der Waals surface area contributed by atoms with Gasteiger partial charge in [0.05, 0.1) is 30.5 Å². The molecule has 15 atom stereocenters. The SMILES string of the molecule is COC[C@]12CN(C)[C@@H]3[C@H]4[C@H](OC)[C@H]1[C@@]3([C@@H](OC)C[C@H]2O)[C@@H]1C[C@]2(O)[C@H](OC(=O)c3ccccc3)[C@@H]1[C@]4(OC)[C@@H](O)[C@@H]2OC. The summed E-state index contributed by atoms with van der Waals surface area (Å²) in [7, 11) is 10.1. The van der Waals surface area contributed by atoms with Crippen LogP contribution in [0.5, 0.6) is 0 Å². The Hall–Kier alpha value is -1.67. The van der Waals surface area contributed by atoms with Gasteiger partial charge in [0.2, 0.25) is 0 Å². The molecule has 1 spiro atoms. The molecule has 7 rings (SSSR count). The maximum Gasteiger partial charge on any atom is 0.338 e. The van der Waals surface area contributed by atoms with Gasteiger partial charge in [-0.15, -0.1) is 0 Å². The van der Waals surface area contributed by atoms with Gasteiger partial charge < -0.3 is 48.6 Å². The van der Waals surface area contributed by atoms with Gasteiger partial charge in [0.1, 0.15) is 29.5 Å². The lowest BCUT2D eigenvalue weighted by molar-refractivity contribution is -0.324. The Balaban J connectivity index is 1.49. The van der Waals surface area contributed by atoms with Crippen molar-refractivity contribution in [2.75, 3.05) is 55.7 Å². The molecule has 1 aromatic rings. The smallest absolute Gasteiger partial charge is 0.338 e. The monoisotopic (exact) mass is 603 g/mol. The maximum atomic E-state index is 13.6. The Morgan fingerprint density at radius 2 is 1.72 bits per heavy atom. The van der Waals surface area contributed by atoms with E-state index in [1.807, 2.05) is 13.1 Å². The van der Waals surface area contributed by atoms with Gasteiger partial charge in [-0.2, -0.15) is 0 Å². The average molecular weight is 604 g/mol. The van der Waals surface area contributed by atoms with Crippen LogP contribution < -0.4 is 0 Å². The molecule has 1 aromatic carbocycles. The van der Waals surface area contributed by atoms with Gasteiger partial charge in [0, 0.05) is 83.1 Å². The number of carbonyl (C=O) groups excluding carboxylic acids is 1. The first-order chi connectivity index (χ1) is 20.6. The van der Waals surface area contributed by atoms with Crippen LogP contribution in [0.3, 0.4) is 0 Å². The van der Waals surface area contributed by atoms with E-state index in [1.54, 1.807) is 52.7 Å². The van der Waals surface area contributed by atoms with E-state index >= 15 is 0 Å². The quantitative estimate of drug-likeness (QED) is 0.355. The van der Waals surface area contributed by atoms with Gasteiger partial charge in [-0.05, 0) is 31.5 Å². The molecule has 11 heteroatoms. The standard InChI is InChI=1S/C32H45NO10/c1-33-14-29(15-38-2)18(34)12-19(39-3)31-17-13-30(37)26(43-28(36)16-10-8-7-9-11-16)20(17)32(42-6,25(35)27(30)41-5)21(24(31)33)22(40-4)23(29)31/h7-11,17-27,34-35,37H,12-15H2,1-6H3/t17-,18-,19+,20-,21-,22+,23-,24-,25+,26-,27+,29+,30+,31+,32-/m1/s1. The predicted molar refractivity (Wildman–Crippen MR) is 151 cm³/mol. The minimum atomic E-state index is -1.71. The van der Waals surface area contributed by atoms with Crippen LogP contribution in [0.25, 0.3) is 0 Å². The van der Waals surface area contributed by atoms with Gasteiger partial charge in [-0.25, -0.2) is 4.79 Å². The number of likely N-dealkylation sites (tertiary alicyclic amines) is 1. The van der Waals surface area contributed by atoms with Crippen molar-refractivity contribution in [3.05, 3.63) is 35.9 Å². The highest BCUT2D eigenvalue weighted by molar-refractivity contribution is 5.89. The molecule has 5 aliphatic carbocycles. The summed E-state index contributed by atoms with van der Waals surface area (Å²) < 4.78 is 37.4. The molecule has 6 aliphatic rings. The molecule has 7 bridgehead atoms. The van der Waals surface area contributed by atoms with Crippen LogP contribution in [0, 0.1) is 34.5 Å². The van der Waals surface area contributed by atoms with Gasteiger partial charge in [-0.1, -0.05) is 18.2 Å². The Labute approximate surface area is 252 Å². The van der Waals surface area contributed by atoms with Gasteiger partial charge in [-0.3, -0.25) is 0 Å². The van der Waals surface area contributed by atoms with Crippen molar-refractivity contribution >= 4 is 5.97 Å². The van der Waals surface area contributed by atoms with Gasteiger partial charge in [0.25, 0.3) is 0 Å². The van der Waals surface area contributed by atoms with Crippen LogP contribution in [0.4, 0.5) is 0 Å². The number of carbonyl (C=O) groups is 1. The highest BCUT2D eigenvalue weighted by Gasteiger charge is 2.91. The molecule has 0 aromatic heterocycles. The van der Waals surface area contributed by atoms with E-state index in [-0.39, 0.29) is 24.3 Å². The van der Waals surface area contributed by atoms with E-state index in [0.717, 1.165) is 0 Å². The third kappa shape index (κ3) is 3.24. The van der Waals surface area contributed by atoms with E-state index < -0.39 is 76.5 Å². The number of aliphatic hydroxyl groups is 3. The molecule has 3 N–H and O–H groups in total. The summed E-state index contributed by atoms with van der Waals surface area (Å²) in [6, 6.07) is 8.51. The summed E-state index contributed by atoms with van der Waals surface area (Å²) in [6.07, 6.45) is -4.43. The zero-order valence-corrected chi connectivity index (χ0v) is 25.7. The van der Waals surface area contributed by atoms with E-state index in [2.05, 4.69) is 4.90 Å². The second-order valence-electron chi connectivity index (χ2n) is 13.9. The molecule has 5 saturated carbocycles. The van der Waals surface area contributed by atoms with Crippen LogP contribution in [0.1, 0.15) is 23.2 Å². The second-order valence-corrected chi connectivity index (χ2v) is 13.9. The van der Waals surface area contributed by atoms with E-state index in [9.17, 15) is 20.1 Å². The minimum Gasteiger partial charge on any atom is -0.455 e. The number of benzene rings is 1. The Kier molecular flexibility index (Phi) is 6.92. The summed E-state index contributed by atoms with van der Waals surface area (Å²) in [5, 5.41) is 36.9. The summed E-state index contributed by atoms with van der Waals surface area (Å²) in [6.45, 7) is 0.863. The van der Waals surface area contributed by atoms with Crippen LogP contribution in [-0.4, -0.2) is 136 Å². The molecular formula is C32H45NO10. The molecule has 0 radical (unpaired) electrons. The lowest BCUT2D eigenvalue weighted by Crippen LogP contribution is -2.81. The van der Waals surface area contributed by atoms with Crippen LogP contribution in [-0.2, 0) is 28.4 Å². The number of methoxy groups -OCH3 is 5. The van der Waals surface area contributed by atoms with Crippen LogP contribution in [0.2, 0.25) is 0 Å². The average Bonchev–Trinajstić information content (AvgIpc) is 3.38. The number of piperidine rings is 1. The Morgan fingerprint density at radius 3 is 2.33 bits per heavy atom. The molecule has 238 valence electrons. The Morgan fingerprint density at radius 1 is 1.00 bits per heavy atom. The number of esters is 1. The van der Waals surface area contributed by atoms with Crippen molar-refractivity contribution in [3.8, 4) is 0 Å². The number of hydrogen-bond acceptors (Lipinski definition) is 11. The number of fused-ring (bicyclic) bond motifs is 2. The Bertz CT molecular complexity index is 1250. The molecule has 6 fully saturated rings. The van der Waals surface area contributed by atoms with Crippen molar-refractivity contribution in [3.63, 3.8) is 0 Å². The van der Waals surface area contributed by atoms with Crippen LogP contribution >= 0.6 is 0 Å². The summed E-state index contributed by atoms with van der Waals surface area (Å²) in [4.78, 5) is 15.9. The fourth-order valence-corrected chi connectivity index (χ4v) is 12.1. The predicted octanol–water partition coefficient (Wildman–Crippen LogP) is 0.341. The highest BCUT2D eigenvalue weighted by atomic mass is 16.6. The first kappa shape index (κ1) is 30.0. The number of aliphatic hydroxyl groups excluding tert-OH is 2. The van der Waals surface area contributed by atoms with E-state index in [0.29, 0.717) is 25.1 Å². The highest BCUT2D eigenvalue weighted by Crippen LogP contribution is 2.80. The van der Waals surface area contributed by atoms with Crippen molar-refractivity contribution in [1.82, 2.24) is 4.90 Å². The molecule has 1 saturated heterocycles. The molecule has 0 unspecified atom stereocenters. The van der Waals surface area contributed by atoms with E-state index in [1.165, 1.54) is 7.11 Å². The first-order valence-electron chi connectivity index (χ1n) is 15.3. The number of nitrogens with zero attached hydrogens (tertiary/aromatic N) is 1. The third-order valence-electron chi connectivity index (χ3n) is 12.9. The maximum absolute atomic E-state index is 13.6. The number of ether oxygens (including phenoxy) is 6. The molecule has 11 nitrogen and oxygen atoms in total. The van der Waals surface area contributed by atoms with Crippen molar-refractivity contribution in [2.24, 2.45) is 34.5 Å². The molecule has 0 amide bonds. The van der Waals surface area contributed by atoms with Gasteiger partial charge in [0.15, 0.2) is 0 Å².